The van der Waals surface area contributed by atoms with Gasteiger partial charge in [0.05, 0.1) is 18.0 Å². The van der Waals surface area contributed by atoms with E-state index in [9.17, 15) is 9.59 Å². The van der Waals surface area contributed by atoms with E-state index in [1.165, 1.54) is 17.1 Å². The number of aromatic nitrogens is 6. The molecular formula is C20H18ClN7O3. The van der Waals surface area contributed by atoms with Crippen LogP contribution < -0.4 is 10.5 Å². The minimum atomic E-state index is -1.11. The first-order valence-corrected chi connectivity index (χ1v) is 10.1. The number of anilines is 1. The number of nitrogens with one attached hydrogen (secondary N) is 1. The molecule has 0 bridgehead atoms. The van der Waals surface area contributed by atoms with Gasteiger partial charge in [-0.05, 0) is 30.5 Å². The lowest BCUT2D eigenvalue weighted by atomic mass is 10.1. The summed E-state index contributed by atoms with van der Waals surface area (Å²) in [6.45, 7) is 2.35. The summed E-state index contributed by atoms with van der Waals surface area (Å²) in [6.07, 6.45) is 5.00. The van der Waals surface area contributed by atoms with Gasteiger partial charge in [0.2, 0.25) is 5.95 Å². The van der Waals surface area contributed by atoms with Crippen molar-refractivity contribution >= 4 is 34.3 Å². The Balaban J connectivity index is 1.38. The van der Waals surface area contributed by atoms with E-state index in [0.717, 1.165) is 25.2 Å². The molecular weight excluding hydrogens is 422 g/mol. The molecule has 158 valence electrons. The summed E-state index contributed by atoms with van der Waals surface area (Å²) in [5, 5.41) is 18.1. The monoisotopic (exact) mass is 439 g/mol. The Labute approximate surface area is 180 Å². The lowest BCUT2D eigenvalue weighted by molar-refractivity contribution is 0.0697. The second-order valence-electron chi connectivity index (χ2n) is 7.51. The second kappa shape index (κ2) is 7.55. The van der Waals surface area contributed by atoms with Crippen molar-refractivity contribution in [2.24, 2.45) is 5.92 Å². The van der Waals surface area contributed by atoms with Gasteiger partial charge in [0.1, 0.15) is 5.52 Å². The lowest BCUT2D eigenvalue weighted by Gasteiger charge is -2.19. The van der Waals surface area contributed by atoms with Crippen LogP contribution in [-0.4, -0.2) is 53.7 Å². The summed E-state index contributed by atoms with van der Waals surface area (Å²) in [6, 6.07) is 7.79. The number of aromatic carboxylic acids is 1. The first kappa shape index (κ1) is 19.3. The Bertz CT molecular complexity index is 1340. The summed E-state index contributed by atoms with van der Waals surface area (Å²) >= 11 is 6.11. The highest BCUT2D eigenvalue weighted by Gasteiger charge is 2.25. The molecule has 31 heavy (non-hydrogen) atoms. The van der Waals surface area contributed by atoms with Crippen LogP contribution in [0, 0.1) is 5.92 Å². The lowest BCUT2D eigenvalue weighted by Crippen LogP contribution is -2.23. The minimum absolute atomic E-state index is 0.00364. The van der Waals surface area contributed by atoms with Gasteiger partial charge in [0.25, 0.3) is 5.56 Å². The molecule has 4 aromatic rings. The third-order valence-electron chi connectivity index (χ3n) is 5.42. The maximum Gasteiger partial charge on any atom is 0.338 e. The molecule has 2 N–H and O–H groups in total. The number of carbonyl (C=O) groups is 1. The van der Waals surface area contributed by atoms with E-state index in [1.54, 1.807) is 10.9 Å². The first-order chi connectivity index (χ1) is 15.0. The topological polar surface area (TPSA) is 122 Å². The summed E-state index contributed by atoms with van der Waals surface area (Å²) in [5.41, 5.74) is 1.55. The summed E-state index contributed by atoms with van der Waals surface area (Å²) in [5.74, 6) is -0.645. The van der Waals surface area contributed by atoms with Crippen LogP contribution in [-0.2, 0) is 6.54 Å². The molecule has 0 saturated carbocycles. The van der Waals surface area contributed by atoms with Crippen LogP contribution in [0.3, 0.4) is 0 Å². The van der Waals surface area contributed by atoms with Crippen LogP contribution in [0.25, 0.3) is 17.0 Å². The van der Waals surface area contributed by atoms with Crippen LogP contribution in [0.5, 0.6) is 0 Å². The predicted octanol–water partition coefficient (Wildman–Crippen LogP) is 2.18. The molecule has 1 saturated heterocycles. The number of carboxylic acid groups (broad SMARTS) is 1. The number of halogens is 1. The Morgan fingerprint density at radius 1 is 1.29 bits per heavy atom. The van der Waals surface area contributed by atoms with Crippen LogP contribution in [0.4, 0.5) is 5.69 Å². The van der Waals surface area contributed by atoms with Crippen molar-refractivity contribution < 1.29 is 9.90 Å². The first-order valence-electron chi connectivity index (χ1n) is 9.72. The van der Waals surface area contributed by atoms with Crippen LogP contribution in [0.1, 0.15) is 16.8 Å². The highest BCUT2D eigenvalue weighted by atomic mass is 35.5. The molecule has 10 nitrogen and oxygen atoms in total. The quantitative estimate of drug-likeness (QED) is 0.488. The van der Waals surface area contributed by atoms with Gasteiger partial charge in [-0.25, -0.2) is 14.5 Å². The standard InChI is InChI=1S/C20H18ClN7O3/c21-14-2-1-3-15(6-14)26-5-4-12(9-26)10-27-17-16(8-23-27)24-20(25-18(17)29)28-11-13(7-22-28)19(30)31/h1-3,6-8,11-12H,4-5,9-10H2,(H,30,31)(H,24,25,29)/t12-/m0/s1. The van der Waals surface area contributed by atoms with Crippen LogP contribution in [0.15, 0.2) is 47.7 Å². The molecule has 1 aromatic carbocycles. The van der Waals surface area contributed by atoms with Crippen molar-refractivity contribution in [1.29, 1.82) is 0 Å². The van der Waals surface area contributed by atoms with Gasteiger partial charge >= 0.3 is 5.97 Å². The summed E-state index contributed by atoms with van der Waals surface area (Å²) in [7, 11) is 0. The molecule has 0 aliphatic carbocycles. The van der Waals surface area contributed by atoms with Gasteiger partial charge in [0.15, 0.2) is 5.52 Å². The molecule has 4 heterocycles. The molecule has 1 aliphatic heterocycles. The third kappa shape index (κ3) is 3.66. The Hall–Kier alpha value is -3.66. The van der Waals surface area contributed by atoms with E-state index < -0.39 is 5.97 Å². The Morgan fingerprint density at radius 3 is 2.94 bits per heavy atom. The number of benzene rings is 1. The highest BCUT2D eigenvalue weighted by molar-refractivity contribution is 6.30. The Morgan fingerprint density at radius 2 is 2.16 bits per heavy atom. The number of aromatic amines is 1. The summed E-state index contributed by atoms with van der Waals surface area (Å²) in [4.78, 5) is 33.1. The van der Waals surface area contributed by atoms with Gasteiger partial charge in [0, 0.05) is 36.5 Å². The molecule has 5 rings (SSSR count). The van der Waals surface area contributed by atoms with E-state index in [1.807, 2.05) is 24.3 Å². The van der Waals surface area contributed by atoms with Crippen molar-refractivity contribution in [2.45, 2.75) is 13.0 Å². The zero-order valence-corrected chi connectivity index (χ0v) is 17.0. The van der Waals surface area contributed by atoms with E-state index in [0.29, 0.717) is 28.5 Å². The number of H-pyrrole nitrogens is 1. The number of carboxylic acids is 1. The zero-order valence-electron chi connectivity index (χ0n) is 16.3. The summed E-state index contributed by atoms with van der Waals surface area (Å²) < 4.78 is 2.91. The molecule has 0 spiro atoms. The number of rotatable bonds is 5. The van der Waals surface area contributed by atoms with Crippen molar-refractivity contribution in [1.82, 2.24) is 29.5 Å². The maximum atomic E-state index is 12.8. The SMILES string of the molecule is O=C(O)c1cnn(-c2nc3cnn(C[C@H]4CCN(c5cccc(Cl)c5)C4)c3c(=O)[nH]2)c1. The number of hydrogen-bond donors (Lipinski definition) is 2. The van der Waals surface area contributed by atoms with E-state index in [2.05, 4.69) is 25.1 Å². The highest BCUT2D eigenvalue weighted by Crippen LogP contribution is 2.27. The molecule has 1 aliphatic rings. The number of nitrogens with zero attached hydrogens (tertiary/aromatic N) is 6. The molecule has 1 atom stereocenters. The predicted molar refractivity (Wildman–Crippen MR) is 114 cm³/mol. The van der Waals surface area contributed by atoms with Crippen molar-refractivity contribution in [3.8, 4) is 5.95 Å². The van der Waals surface area contributed by atoms with E-state index in [-0.39, 0.29) is 17.1 Å². The van der Waals surface area contributed by atoms with Gasteiger partial charge in [-0.2, -0.15) is 10.2 Å². The van der Waals surface area contributed by atoms with Crippen molar-refractivity contribution in [3.05, 3.63) is 63.8 Å². The van der Waals surface area contributed by atoms with Gasteiger partial charge in [-0.3, -0.25) is 14.5 Å². The minimum Gasteiger partial charge on any atom is -0.478 e. The maximum absolute atomic E-state index is 12.8. The molecule has 1 fully saturated rings. The third-order valence-corrected chi connectivity index (χ3v) is 5.66. The smallest absolute Gasteiger partial charge is 0.338 e. The van der Waals surface area contributed by atoms with Gasteiger partial charge in [-0.15, -0.1) is 0 Å². The fourth-order valence-electron chi connectivity index (χ4n) is 3.92. The largest absolute Gasteiger partial charge is 0.478 e. The molecule has 0 amide bonds. The average Bonchev–Trinajstić information content (AvgIpc) is 3.48. The zero-order chi connectivity index (χ0) is 21.5. The van der Waals surface area contributed by atoms with Gasteiger partial charge < -0.3 is 10.0 Å². The number of hydrogen-bond acceptors (Lipinski definition) is 6. The molecule has 11 heteroatoms. The Kier molecular flexibility index (Phi) is 4.70. The van der Waals surface area contributed by atoms with Crippen molar-refractivity contribution in [2.75, 3.05) is 18.0 Å². The fraction of sp³-hybridized carbons (Fsp3) is 0.250. The normalized spacial score (nSPS) is 16.3. The average molecular weight is 440 g/mol. The second-order valence-corrected chi connectivity index (χ2v) is 7.95. The molecule has 3 aromatic heterocycles. The molecule has 0 radical (unpaired) electrons. The van der Waals surface area contributed by atoms with E-state index in [4.69, 9.17) is 16.7 Å². The molecule has 0 unspecified atom stereocenters. The van der Waals surface area contributed by atoms with Gasteiger partial charge in [-0.1, -0.05) is 17.7 Å². The van der Waals surface area contributed by atoms with Crippen molar-refractivity contribution in [3.63, 3.8) is 0 Å². The fourth-order valence-corrected chi connectivity index (χ4v) is 4.11. The van der Waals surface area contributed by atoms with E-state index >= 15 is 0 Å². The number of fused-ring (bicyclic) bond motifs is 1. The van der Waals surface area contributed by atoms with Crippen LogP contribution in [0.2, 0.25) is 5.02 Å². The van der Waals surface area contributed by atoms with Crippen LogP contribution >= 0.6 is 11.6 Å².